The van der Waals surface area contributed by atoms with Gasteiger partial charge in [-0.3, -0.25) is 4.79 Å². The minimum absolute atomic E-state index is 0.00811. The molecule has 1 aromatic rings. The van der Waals surface area contributed by atoms with Gasteiger partial charge in [0.15, 0.2) is 0 Å². The first-order valence-corrected chi connectivity index (χ1v) is 4.66. The van der Waals surface area contributed by atoms with Crippen LogP contribution in [0.4, 0.5) is 5.69 Å². The summed E-state index contributed by atoms with van der Waals surface area (Å²) in [5, 5.41) is 3.48. The number of carbonyl (C=O) groups is 1. The maximum absolute atomic E-state index is 11.8. The molecule has 1 aliphatic rings. The van der Waals surface area contributed by atoms with Gasteiger partial charge in [0, 0.05) is 29.8 Å². The van der Waals surface area contributed by atoms with Crippen molar-refractivity contribution in [2.75, 3.05) is 13.6 Å². The van der Waals surface area contributed by atoms with Gasteiger partial charge >= 0.3 is 0 Å². The van der Waals surface area contributed by atoms with Gasteiger partial charge in [-0.05, 0) is 23.6 Å². The summed E-state index contributed by atoms with van der Waals surface area (Å²) < 4.78 is 0. The Bertz CT molecular complexity index is 462. The molecule has 2 rings (SSSR count). The highest BCUT2D eigenvalue weighted by atomic mass is 16.2. The van der Waals surface area contributed by atoms with Crippen LogP contribution < -0.4 is 0 Å². The van der Waals surface area contributed by atoms with Crippen molar-refractivity contribution in [3.05, 3.63) is 39.8 Å². The molecule has 0 atom stereocenters. The van der Waals surface area contributed by atoms with Crippen LogP contribution in [0, 0.1) is 0 Å². The van der Waals surface area contributed by atoms with Gasteiger partial charge in [-0.15, -0.1) is 0 Å². The lowest BCUT2D eigenvalue weighted by Gasteiger charge is -2.24. The predicted octanol–water partition coefficient (Wildman–Crippen LogP) is 2.26. The lowest BCUT2D eigenvalue weighted by molar-refractivity contribution is 0.0781. The summed E-state index contributed by atoms with van der Waals surface area (Å²) in [5.74, 6) is -0.00811. The number of carbonyl (C=O) groups excluding carboxylic acids is 1. The van der Waals surface area contributed by atoms with Crippen molar-refractivity contribution in [1.82, 2.24) is 4.90 Å². The van der Waals surface area contributed by atoms with E-state index in [2.05, 4.69) is 10.0 Å². The van der Waals surface area contributed by atoms with E-state index in [4.69, 9.17) is 5.53 Å². The number of fused-ring (bicyclic) bond motifs is 1. The molecule has 0 N–H and O–H groups in total. The highest BCUT2D eigenvalue weighted by Crippen LogP contribution is 2.23. The Morgan fingerprint density at radius 2 is 2.33 bits per heavy atom. The van der Waals surface area contributed by atoms with Crippen molar-refractivity contribution in [3.63, 3.8) is 0 Å². The zero-order valence-electron chi connectivity index (χ0n) is 8.34. The SMILES string of the molecule is CN1CCc2ccc(N=[N+]=[N-])cc2C1=O. The average Bonchev–Trinajstić information content (AvgIpc) is 2.25. The van der Waals surface area contributed by atoms with E-state index in [9.17, 15) is 4.79 Å². The fraction of sp³-hybridized carbons (Fsp3) is 0.300. The maximum Gasteiger partial charge on any atom is 0.253 e. The van der Waals surface area contributed by atoms with Gasteiger partial charge in [0.05, 0.1) is 0 Å². The van der Waals surface area contributed by atoms with Gasteiger partial charge in [0.2, 0.25) is 0 Å². The summed E-state index contributed by atoms with van der Waals surface area (Å²) in [5.41, 5.74) is 10.5. The smallest absolute Gasteiger partial charge is 0.253 e. The molecule has 0 radical (unpaired) electrons. The molecular weight excluding hydrogens is 192 g/mol. The number of nitrogens with zero attached hydrogens (tertiary/aromatic N) is 4. The molecule has 0 saturated carbocycles. The molecule has 5 nitrogen and oxygen atoms in total. The average molecular weight is 202 g/mol. The van der Waals surface area contributed by atoms with Crippen molar-refractivity contribution in [1.29, 1.82) is 0 Å². The Hall–Kier alpha value is -2.00. The zero-order valence-corrected chi connectivity index (χ0v) is 8.34. The summed E-state index contributed by atoms with van der Waals surface area (Å²) in [6.07, 6.45) is 0.855. The number of hydrogen-bond acceptors (Lipinski definition) is 2. The van der Waals surface area contributed by atoms with Crippen LogP contribution in [-0.4, -0.2) is 24.4 Å². The van der Waals surface area contributed by atoms with Crippen LogP contribution in [0.3, 0.4) is 0 Å². The Kier molecular flexibility index (Phi) is 2.31. The van der Waals surface area contributed by atoms with Gasteiger partial charge in [0.25, 0.3) is 5.91 Å². The minimum atomic E-state index is -0.00811. The van der Waals surface area contributed by atoms with E-state index in [-0.39, 0.29) is 5.91 Å². The molecule has 0 saturated heterocycles. The number of amides is 1. The van der Waals surface area contributed by atoms with Crippen LogP contribution in [0.15, 0.2) is 23.3 Å². The van der Waals surface area contributed by atoms with Crippen LogP contribution in [0.1, 0.15) is 15.9 Å². The van der Waals surface area contributed by atoms with Crippen LogP contribution in [-0.2, 0) is 6.42 Å². The molecule has 1 aromatic carbocycles. The Morgan fingerprint density at radius 3 is 3.07 bits per heavy atom. The highest BCUT2D eigenvalue weighted by molar-refractivity contribution is 5.97. The number of azide groups is 1. The first kappa shape index (κ1) is 9.55. The van der Waals surface area contributed by atoms with Crippen LogP contribution in [0.2, 0.25) is 0 Å². The fourth-order valence-corrected chi connectivity index (χ4v) is 1.69. The van der Waals surface area contributed by atoms with Crippen molar-refractivity contribution < 1.29 is 4.79 Å². The normalized spacial score (nSPS) is 14.5. The van der Waals surface area contributed by atoms with Gasteiger partial charge < -0.3 is 4.90 Å². The number of benzene rings is 1. The van der Waals surface area contributed by atoms with Crippen LogP contribution >= 0.6 is 0 Å². The van der Waals surface area contributed by atoms with Gasteiger partial charge in [0.1, 0.15) is 0 Å². The second kappa shape index (κ2) is 3.63. The summed E-state index contributed by atoms with van der Waals surface area (Å²) in [6.45, 7) is 0.743. The molecule has 0 unspecified atom stereocenters. The molecule has 0 aromatic heterocycles. The van der Waals surface area contributed by atoms with E-state index < -0.39 is 0 Å². The molecule has 0 aliphatic carbocycles. The van der Waals surface area contributed by atoms with E-state index in [0.717, 1.165) is 18.5 Å². The molecule has 76 valence electrons. The second-order valence-corrected chi connectivity index (χ2v) is 3.51. The molecule has 0 spiro atoms. The summed E-state index contributed by atoms with van der Waals surface area (Å²) in [4.78, 5) is 16.1. The quantitative estimate of drug-likeness (QED) is 0.391. The Morgan fingerprint density at radius 1 is 1.53 bits per heavy atom. The first-order valence-electron chi connectivity index (χ1n) is 4.66. The summed E-state index contributed by atoms with van der Waals surface area (Å²) in [7, 11) is 1.77. The first-order chi connectivity index (χ1) is 7.22. The van der Waals surface area contributed by atoms with Crippen molar-refractivity contribution in [3.8, 4) is 0 Å². The van der Waals surface area contributed by atoms with Gasteiger partial charge in [-0.2, -0.15) is 0 Å². The third-order valence-electron chi connectivity index (χ3n) is 2.55. The van der Waals surface area contributed by atoms with Gasteiger partial charge in [-0.1, -0.05) is 17.2 Å². The minimum Gasteiger partial charge on any atom is -0.341 e. The van der Waals surface area contributed by atoms with E-state index >= 15 is 0 Å². The number of likely N-dealkylation sites (N-methyl/N-ethyl adjacent to an activating group) is 1. The van der Waals surface area contributed by atoms with E-state index in [1.807, 2.05) is 6.07 Å². The summed E-state index contributed by atoms with van der Waals surface area (Å²) in [6, 6.07) is 5.23. The lowest BCUT2D eigenvalue weighted by atomic mass is 9.99. The molecule has 15 heavy (non-hydrogen) atoms. The standard InChI is InChI=1S/C10H10N4O/c1-14-5-4-7-2-3-8(12-13-11)6-9(7)10(14)15/h2-3,6H,4-5H2,1H3. The Labute approximate surface area is 86.9 Å². The fourth-order valence-electron chi connectivity index (χ4n) is 1.69. The highest BCUT2D eigenvalue weighted by Gasteiger charge is 2.21. The zero-order chi connectivity index (χ0) is 10.8. The maximum atomic E-state index is 11.8. The van der Waals surface area contributed by atoms with Gasteiger partial charge in [-0.25, -0.2) is 0 Å². The van der Waals surface area contributed by atoms with E-state index in [0.29, 0.717) is 11.3 Å². The molecule has 0 fully saturated rings. The van der Waals surface area contributed by atoms with Crippen LogP contribution in [0.25, 0.3) is 10.4 Å². The largest absolute Gasteiger partial charge is 0.341 e. The third-order valence-corrected chi connectivity index (χ3v) is 2.55. The second-order valence-electron chi connectivity index (χ2n) is 3.51. The molecular formula is C10H10N4O. The molecule has 1 heterocycles. The molecule has 5 heteroatoms. The van der Waals surface area contributed by atoms with Crippen LogP contribution in [0.5, 0.6) is 0 Å². The monoisotopic (exact) mass is 202 g/mol. The molecule has 0 bridgehead atoms. The molecule has 1 amide bonds. The van der Waals surface area contributed by atoms with E-state index in [1.54, 1.807) is 24.1 Å². The lowest BCUT2D eigenvalue weighted by Crippen LogP contribution is -2.33. The van der Waals surface area contributed by atoms with Crippen molar-refractivity contribution in [2.45, 2.75) is 6.42 Å². The van der Waals surface area contributed by atoms with Crippen molar-refractivity contribution >= 4 is 11.6 Å². The predicted molar refractivity (Wildman–Crippen MR) is 55.9 cm³/mol. The number of rotatable bonds is 1. The topological polar surface area (TPSA) is 69.1 Å². The Balaban J connectivity index is 2.50. The van der Waals surface area contributed by atoms with E-state index in [1.165, 1.54) is 0 Å². The van der Waals surface area contributed by atoms with Crippen molar-refractivity contribution in [2.24, 2.45) is 5.11 Å². The third kappa shape index (κ3) is 1.65. The summed E-state index contributed by atoms with van der Waals surface area (Å²) >= 11 is 0. The molecule has 1 aliphatic heterocycles. The number of hydrogen-bond donors (Lipinski definition) is 0.